The Morgan fingerprint density at radius 3 is 2.18 bits per heavy atom. The lowest BCUT2D eigenvalue weighted by atomic mass is 9.76. The maximum atomic E-state index is 12.6. The van der Waals surface area contributed by atoms with Gasteiger partial charge in [-0.25, -0.2) is 0 Å². The summed E-state index contributed by atoms with van der Waals surface area (Å²) < 4.78 is 0. The van der Waals surface area contributed by atoms with E-state index in [0.29, 0.717) is 16.7 Å². The number of nitrogens with zero attached hydrogens (tertiary/aromatic N) is 1. The van der Waals surface area contributed by atoms with Crippen molar-refractivity contribution in [1.29, 1.82) is 5.26 Å². The van der Waals surface area contributed by atoms with Gasteiger partial charge in [-0.1, -0.05) is 35.6 Å². The van der Waals surface area contributed by atoms with Crippen molar-refractivity contribution in [3.8, 4) is 6.07 Å². The van der Waals surface area contributed by atoms with Crippen molar-refractivity contribution < 1.29 is 9.90 Å². The molecule has 0 amide bonds. The molecule has 0 saturated carbocycles. The van der Waals surface area contributed by atoms with Gasteiger partial charge in [0.05, 0.1) is 11.6 Å². The summed E-state index contributed by atoms with van der Waals surface area (Å²) in [6, 6.07) is 7.54. The van der Waals surface area contributed by atoms with E-state index in [4.69, 9.17) is 0 Å². The summed E-state index contributed by atoms with van der Waals surface area (Å²) >= 11 is 0. The summed E-state index contributed by atoms with van der Waals surface area (Å²) in [5.74, 6) is -0.624. The smallest absolute Gasteiger partial charge is 0.163 e. The first-order valence-electron chi connectivity index (χ1n) is 9.22. The summed E-state index contributed by atoms with van der Waals surface area (Å²) in [6.45, 7) is 16.7. The van der Waals surface area contributed by atoms with Crippen molar-refractivity contribution in [2.45, 2.75) is 54.4 Å². The van der Waals surface area contributed by atoms with Gasteiger partial charge < -0.3 is 5.11 Å². The second kappa shape index (κ2) is 9.74. The molecule has 0 aliphatic heterocycles. The molecular formula is C25H29NO2. The average Bonchev–Trinajstić information content (AvgIpc) is 2.65. The van der Waals surface area contributed by atoms with Crippen LogP contribution in [0.2, 0.25) is 0 Å². The van der Waals surface area contributed by atoms with Gasteiger partial charge in [0.25, 0.3) is 0 Å². The van der Waals surface area contributed by atoms with Gasteiger partial charge in [-0.15, -0.1) is 0 Å². The number of carbonyl (C=O) groups excluding carboxylic acids is 1. The highest BCUT2D eigenvalue weighted by Gasteiger charge is 2.30. The molecule has 0 aliphatic rings. The van der Waals surface area contributed by atoms with Crippen LogP contribution in [-0.2, 0) is 4.79 Å². The monoisotopic (exact) mass is 375 g/mol. The Bertz CT molecular complexity index is 970. The van der Waals surface area contributed by atoms with Gasteiger partial charge in [-0.2, -0.15) is 5.26 Å². The van der Waals surface area contributed by atoms with Gasteiger partial charge in [-0.3, -0.25) is 4.79 Å². The number of Topliss-reactive ketones (excluding diaryl/α,β-unsaturated/α-hetero) is 1. The number of nitriles is 1. The highest BCUT2D eigenvalue weighted by Crippen LogP contribution is 2.41. The molecule has 3 nitrogen and oxygen atoms in total. The van der Waals surface area contributed by atoms with Gasteiger partial charge in [0.15, 0.2) is 11.5 Å². The van der Waals surface area contributed by atoms with E-state index >= 15 is 0 Å². The van der Waals surface area contributed by atoms with E-state index in [-0.39, 0.29) is 11.5 Å². The van der Waals surface area contributed by atoms with Crippen LogP contribution in [0.1, 0.15) is 64.2 Å². The largest absolute Gasteiger partial charge is 0.501 e. The lowest BCUT2D eigenvalue weighted by molar-refractivity contribution is -0.113. The van der Waals surface area contributed by atoms with Gasteiger partial charge in [0.2, 0.25) is 0 Å². The number of carbonyl (C=O) groups is 1. The highest BCUT2D eigenvalue weighted by molar-refractivity contribution is 5.96. The van der Waals surface area contributed by atoms with Crippen LogP contribution in [0, 0.1) is 18.3 Å². The number of hydrogen-bond acceptors (Lipinski definition) is 3. The van der Waals surface area contributed by atoms with E-state index in [1.165, 1.54) is 0 Å². The summed E-state index contributed by atoms with van der Waals surface area (Å²) in [6.07, 6.45) is 1.96. The molecule has 1 atom stereocenters. The van der Waals surface area contributed by atoms with E-state index < -0.39 is 5.92 Å². The number of rotatable bonds is 6. The second-order valence-electron chi connectivity index (χ2n) is 7.12. The molecule has 0 heterocycles. The molecule has 0 bridgehead atoms. The third-order valence-corrected chi connectivity index (χ3v) is 5.06. The molecule has 0 saturated heterocycles. The Balaban J connectivity index is 4.12. The van der Waals surface area contributed by atoms with Crippen LogP contribution in [0.5, 0.6) is 0 Å². The molecule has 0 aliphatic carbocycles. The van der Waals surface area contributed by atoms with Gasteiger partial charge >= 0.3 is 0 Å². The van der Waals surface area contributed by atoms with E-state index in [0.717, 1.165) is 27.8 Å². The Morgan fingerprint density at radius 1 is 1.18 bits per heavy atom. The molecule has 0 fully saturated rings. The minimum atomic E-state index is -0.487. The van der Waals surface area contributed by atoms with Crippen LogP contribution in [0.4, 0.5) is 0 Å². The number of aliphatic hydroxyl groups excluding tert-OH is 1. The molecule has 1 aromatic rings. The summed E-state index contributed by atoms with van der Waals surface area (Å²) in [7, 11) is 0. The molecule has 1 aromatic carbocycles. The minimum Gasteiger partial charge on any atom is -0.501 e. The van der Waals surface area contributed by atoms with Gasteiger partial charge in [0, 0.05) is 17.1 Å². The zero-order chi connectivity index (χ0) is 21.6. The van der Waals surface area contributed by atoms with E-state index in [1.54, 1.807) is 19.1 Å². The Kier molecular flexibility index (Phi) is 7.99. The van der Waals surface area contributed by atoms with Crippen molar-refractivity contribution in [1.82, 2.24) is 0 Å². The van der Waals surface area contributed by atoms with Crippen molar-refractivity contribution in [3.05, 3.63) is 86.9 Å². The molecule has 28 heavy (non-hydrogen) atoms. The molecule has 146 valence electrons. The lowest BCUT2D eigenvalue weighted by Crippen LogP contribution is -2.17. The number of aryl methyl sites for hydroxylation is 1. The molecule has 0 spiro atoms. The third-order valence-electron chi connectivity index (χ3n) is 5.06. The first kappa shape index (κ1) is 23.0. The van der Waals surface area contributed by atoms with Crippen LogP contribution in [-0.4, -0.2) is 10.9 Å². The summed E-state index contributed by atoms with van der Waals surface area (Å²) in [5, 5.41) is 20.0. The Hall–Kier alpha value is -3.08. The first-order chi connectivity index (χ1) is 13.1. The molecule has 0 aromatic heterocycles. The zero-order valence-electron chi connectivity index (χ0n) is 17.9. The van der Waals surface area contributed by atoms with E-state index in [9.17, 15) is 15.2 Å². The summed E-state index contributed by atoms with van der Waals surface area (Å²) in [4.78, 5) is 12.6. The third kappa shape index (κ3) is 4.80. The molecule has 3 heteroatoms. The van der Waals surface area contributed by atoms with Crippen LogP contribution < -0.4 is 0 Å². The highest BCUT2D eigenvalue weighted by atomic mass is 16.3. The maximum absolute atomic E-state index is 12.6. The number of allylic oxidation sites excluding steroid dienone is 6. The quantitative estimate of drug-likeness (QED) is 0.271. The lowest BCUT2D eigenvalue weighted by Gasteiger charge is -2.27. The number of ketones is 1. The SMILES string of the molecule is C=C=C(O)/C(=C(C)\C(C)=C/C)[C@@H](C(C(C)=O)=C(C)C)c1ccc(C#N)cc1C. The van der Waals surface area contributed by atoms with Gasteiger partial charge in [-0.05, 0) is 77.3 Å². The van der Waals surface area contributed by atoms with E-state index in [2.05, 4.69) is 18.4 Å². The average molecular weight is 376 g/mol. The number of benzene rings is 1. The van der Waals surface area contributed by atoms with Crippen molar-refractivity contribution in [3.63, 3.8) is 0 Å². The zero-order valence-corrected chi connectivity index (χ0v) is 17.9. The molecular weight excluding hydrogens is 346 g/mol. The van der Waals surface area contributed by atoms with Gasteiger partial charge in [0.1, 0.15) is 0 Å². The number of hydrogen-bond donors (Lipinski definition) is 1. The van der Waals surface area contributed by atoms with Crippen molar-refractivity contribution in [2.75, 3.05) is 0 Å². The van der Waals surface area contributed by atoms with Crippen LogP contribution >= 0.6 is 0 Å². The Morgan fingerprint density at radius 2 is 1.79 bits per heavy atom. The van der Waals surface area contributed by atoms with Crippen molar-refractivity contribution in [2.24, 2.45) is 0 Å². The standard InChI is InChI=1S/C25H29NO2/c1-9-16(5)18(7)24(22(28)10-2)25(23(15(3)4)19(8)27)21-12-11-20(14-26)13-17(21)6/h9,11-13,25,28H,2H2,1,3-8H3/b16-9-,24-18+/t25-/m1/s1. The van der Waals surface area contributed by atoms with E-state index in [1.807, 2.05) is 53.7 Å². The van der Waals surface area contributed by atoms with Crippen LogP contribution in [0.25, 0.3) is 0 Å². The van der Waals surface area contributed by atoms with Crippen LogP contribution in [0.15, 0.2) is 70.2 Å². The second-order valence-corrected chi connectivity index (χ2v) is 7.12. The predicted molar refractivity (Wildman–Crippen MR) is 115 cm³/mol. The molecule has 1 N–H and O–H groups in total. The number of aliphatic hydroxyl groups is 1. The van der Waals surface area contributed by atoms with Crippen molar-refractivity contribution >= 4 is 5.78 Å². The maximum Gasteiger partial charge on any atom is 0.163 e. The molecule has 1 rings (SSSR count). The normalized spacial score (nSPS) is 13.0. The fourth-order valence-corrected chi connectivity index (χ4v) is 3.42. The topological polar surface area (TPSA) is 61.1 Å². The fraction of sp³-hybridized carbons (Fsp3) is 0.320. The van der Waals surface area contributed by atoms with Crippen LogP contribution in [0.3, 0.4) is 0 Å². The molecule has 0 unspecified atom stereocenters. The summed E-state index contributed by atoms with van der Waals surface area (Å²) in [5.41, 5.74) is 8.85. The predicted octanol–water partition coefficient (Wildman–Crippen LogP) is 6.39. The fourth-order valence-electron chi connectivity index (χ4n) is 3.42. The Labute approximate surface area is 168 Å². The molecule has 0 radical (unpaired) electrons. The first-order valence-corrected chi connectivity index (χ1v) is 9.22. The minimum absolute atomic E-state index is 0.0611.